The van der Waals surface area contributed by atoms with Gasteiger partial charge in [-0.3, -0.25) is 14.9 Å². The van der Waals surface area contributed by atoms with Gasteiger partial charge in [0.25, 0.3) is 0 Å². The highest BCUT2D eigenvalue weighted by Crippen LogP contribution is 2.20. The second-order valence-electron chi connectivity index (χ2n) is 4.81. The molecule has 7 heteroatoms. The second kappa shape index (κ2) is 7.67. The zero-order valence-electron chi connectivity index (χ0n) is 12.1. The number of nitrogens with zero attached hydrogens (tertiary/aromatic N) is 1. The van der Waals surface area contributed by atoms with E-state index in [2.05, 4.69) is 15.6 Å². The number of anilines is 1. The van der Waals surface area contributed by atoms with Crippen molar-refractivity contribution in [1.29, 1.82) is 0 Å². The Morgan fingerprint density at radius 3 is 2.68 bits per heavy atom. The van der Waals surface area contributed by atoms with Gasteiger partial charge in [-0.2, -0.15) is 0 Å². The molecule has 0 aliphatic carbocycles. The Morgan fingerprint density at radius 1 is 1.27 bits per heavy atom. The van der Waals surface area contributed by atoms with Gasteiger partial charge in [0.2, 0.25) is 0 Å². The van der Waals surface area contributed by atoms with Crippen LogP contribution in [-0.2, 0) is 16.0 Å². The lowest BCUT2D eigenvalue weighted by atomic mass is 10.1. The largest absolute Gasteiger partial charge is 0.394 e. The molecule has 116 valence electrons. The van der Waals surface area contributed by atoms with E-state index in [0.29, 0.717) is 5.13 Å². The highest BCUT2D eigenvalue weighted by molar-refractivity contribution is 7.15. The SMILES string of the molecule is CC(CO)NC(=O)C(=O)Nc1ncc(Cc2ccccc2)s1. The van der Waals surface area contributed by atoms with E-state index in [4.69, 9.17) is 5.11 Å². The molecule has 1 aromatic heterocycles. The summed E-state index contributed by atoms with van der Waals surface area (Å²) >= 11 is 1.33. The predicted molar refractivity (Wildman–Crippen MR) is 84.7 cm³/mol. The number of thiazole rings is 1. The lowest BCUT2D eigenvalue weighted by molar-refractivity contribution is -0.136. The third kappa shape index (κ3) is 4.64. The summed E-state index contributed by atoms with van der Waals surface area (Å²) in [7, 11) is 0. The van der Waals surface area contributed by atoms with Crippen molar-refractivity contribution in [3.63, 3.8) is 0 Å². The Balaban J connectivity index is 1.91. The van der Waals surface area contributed by atoms with E-state index >= 15 is 0 Å². The average Bonchev–Trinajstić information content (AvgIpc) is 2.95. The van der Waals surface area contributed by atoms with Gasteiger partial charge in [-0.05, 0) is 12.5 Å². The molecule has 22 heavy (non-hydrogen) atoms. The minimum absolute atomic E-state index is 0.225. The highest BCUT2D eigenvalue weighted by atomic mass is 32.1. The highest BCUT2D eigenvalue weighted by Gasteiger charge is 2.17. The molecule has 0 fully saturated rings. The van der Waals surface area contributed by atoms with Crippen molar-refractivity contribution in [2.45, 2.75) is 19.4 Å². The molecule has 0 saturated carbocycles. The van der Waals surface area contributed by atoms with E-state index in [1.165, 1.54) is 11.3 Å². The van der Waals surface area contributed by atoms with Crippen LogP contribution in [0.1, 0.15) is 17.4 Å². The smallest absolute Gasteiger partial charge is 0.315 e. The monoisotopic (exact) mass is 319 g/mol. The van der Waals surface area contributed by atoms with Gasteiger partial charge in [-0.15, -0.1) is 11.3 Å². The minimum Gasteiger partial charge on any atom is -0.394 e. The minimum atomic E-state index is -0.791. The zero-order valence-corrected chi connectivity index (χ0v) is 12.9. The van der Waals surface area contributed by atoms with Crippen LogP contribution < -0.4 is 10.6 Å². The van der Waals surface area contributed by atoms with Crippen molar-refractivity contribution >= 4 is 28.3 Å². The van der Waals surface area contributed by atoms with E-state index in [1.807, 2.05) is 30.3 Å². The van der Waals surface area contributed by atoms with Gasteiger partial charge in [0, 0.05) is 23.5 Å². The first-order chi connectivity index (χ1) is 10.6. The van der Waals surface area contributed by atoms with Crippen LogP contribution in [0.4, 0.5) is 5.13 Å². The van der Waals surface area contributed by atoms with Crippen molar-refractivity contribution in [3.05, 3.63) is 47.0 Å². The van der Waals surface area contributed by atoms with Crippen molar-refractivity contribution in [2.75, 3.05) is 11.9 Å². The van der Waals surface area contributed by atoms with E-state index in [0.717, 1.165) is 16.9 Å². The number of aliphatic hydroxyl groups is 1. The summed E-state index contributed by atoms with van der Waals surface area (Å²) in [4.78, 5) is 28.3. The Kier molecular flexibility index (Phi) is 5.62. The van der Waals surface area contributed by atoms with Crippen LogP contribution in [0.25, 0.3) is 0 Å². The summed E-state index contributed by atoms with van der Waals surface area (Å²) in [5.74, 6) is -1.58. The molecule has 3 N–H and O–H groups in total. The van der Waals surface area contributed by atoms with Gasteiger partial charge >= 0.3 is 11.8 Å². The van der Waals surface area contributed by atoms with Gasteiger partial charge in [0.1, 0.15) is 0 Å². The summed E-state index contributed by atoms with van der Waals surface area (Å²) in [6, 6.07) is 9.44. The molecular weight excluding hydrogens is 302 g/mol. The number of carbonyl (C=O) groups is 2. The zero-order chi connectivity index (χ0) is 15.9. The van der Waals surface area contributed by atoms with Crippen LogP contribution in [0.3, 0.4) is 0 Å². The lowest BCUT2D eigenvalue weighted by Gasteiger charge is -2.09. The molecule has 1 aromatic carbocycles. The Labute approximate surface area is 132 Å². The number of benzene rings is 1. The van der Waals surface area contributed by atoms with Crippen LogP contribution in [0, 0.1) is 0 Å². The van der Waals surface area contributed by atoms with E-state index in [9.17, 15) is 9.59 Å². The van der Waals surface area contributed by atoms with E-state index < -0.39 is 17.9 Å². The molecular formula is C15H17N3O3S. The van der Waals surface area contributed by atoms with E-state index in [-0.39, 0.29) is 6.61 Å². The molecule has 0 aliphatic heterocycles. The molecule has 2 rings (SSSR count). The second-order valence-corrected chi connectivity index (χ2v) is 5.92. The number of hydrogen-bond acceptors (Lipinski definition) is 5. The number of amides is 2. The third-order valence-corrected chi connectivity index (χ3v) is 3.77. The number of hydrogen-bond donors (Lipinski definition) is 3. The van der Waals surface area contributed by atoms with Gasteiger partial charge < -0.3 is 10.4 Å². The number of aliphatic hydroxyl groups excluding tert-OH is 1. The van der Waals surface area contributed by atoms with Crippen LogP contribution in [0.2, 0.25) is 0 Å². The Hall–Kier alpha value is -2.25. The van der Waals surface area contributed by atoms with Gasteiger partial charge in [-0.25, -0.2) is 4.98 Å². The van der Waals surface area contributed by atoms with Crippen LogP contribution in [0.5, 0.6) is 0 Å². The van der Waals surface area contributed by atoms with Crippen molar-refractivity contribution < 1.29 is 14.7 Å². The summed E-state index contributed by atoms with van der Waals surface area (Å²) in [6.07, 6.45) is 2.41. The average molecular weight is 319 g/mol. The van der Waals surface area contributed by atoms with Gasteiger partial charge in [0.15, 0.2) is 5.13 Å². The third-order valence-electron chi connectivity index (χ3n) is 2.85. The fraction of sp³-hybridized carbons (Fsp3) is 0.267. The number of nitrogens with one attached hydrogen (secondary N) is 2. The van der Waals surface area contributed by atoms with E-state index in [1.54, 1.807) is 13.1 Å². The first kappa shape index (κ1) is 16.1. The van der Waals surface area contributed by atoms with Crippen molar-refractivity contribution in [3.8, 4) is 0 Å². The lowest BCUT2D eigenvalue weighted by Crippen LogP contribution is -2.42. The predicted octanol–water partition coefficient (Wildman–Crippen LogP) is 1.17. The quantitative estimate of drug-likeness (QED) is 0.722. The van der Waals surface area contributed by atoms with Crippen molar-refractivity contribution in [1.82, 2.24) is 10.3 Å². The molecule has 0 radical (unpaired) electrons. The molecule has 0 bridgehead atoms. The van der Waals surface area contributed by atoms with Crippen LogP contribution >= 0.6 is 11.3 Å². The Bertz CT molecular complexity index is 642. The molecule has 0 saturated heterocycles. The summed E-state index contributed by atoms with van der Waals surface area (Å²) in [5, 5.41) is 14.0. The molecule has 2 aromatic rings. The van der Waals surface area contributed by atoms with Crippen molar-refractivity contribution in [2.24, 2.45) is 0 Å². The maximum absolute atomic E-state index is 11.7. The van der Waals surface area contributed by atoms with Gasteiger partial charge in [-0.1, -0.05) is 30.3 Å². The van der Waals surface area contributed by atoms with Crippen LogP contribution in [0.15, 0.2) is 36.5 Å². The fourth-order valence-corrected chi connectivity index (χ4v) is 2.57. The normalized spacial score (nSPS) is 11.7. The number of aromatic nitrogens is 1. The number of carbonyl (C=O) groups excluding carboxylic acids is 2. The molecule has 0 aliphatic rings. The standard InChI is InChI=1S/C15H17N3O3S/c1-10(9-19)17-13(20)14(21)18-15-16-8-12(22-15)7-11-5-3-2-4-6-11/h2-6,8,10,19H,7,9H2,1H3,(H,17,20)(H,16,18,21). The first-order valence-corrected chi connectivity index (χ1v) is 7.61. The number of rotatable bonds is 5. The van der Waals surface area contributed by atoms with Gasteiger partial charge in [0.05, 0.1) is 6.61 Å². The molecule has 6 nitrogen and oxygen atoms in total. The molecule has 2 amide bonds. The Morgan fingerprint density at radius 2 is 2.00 bits per heavy atom. The molecule has 0 spiro atoms. The fourth-order valence-electron chi connectivity index (χ4n) is 1.73. The first-order valence-electron chi connectivity index (χ1n) is 6.80. The summed E-state index contributed by atoms with van der Waals surface area (Å²) in [5.41, 5.74) is 1.15. The topological polar surface area (TPSA) is 91.3 Å². The summed E-state index contributed by atoms with van der Waals surface area (Å²) < 4.78 is 0. The molecule has 1 heterocycles. The molecule has 1 atom stereocenters. The summed E-state index contributed by atoms with van der Waals surface area (Å²) in [6.45, 7) is 1.38. The molecule has 1 unspecified atom stereocenters. The maximum atomic E-state index is 11.7. The van der Waals surface area contributed by atoms with Crippen LogP contribution in [-0.4, -0.2) is 34.6 Å². The maximum Gasteiger partial charge on any atom is 0.315 e.